The normalized spacial score (nSPS) is 21.6. The van der Waals surface area contributed by atoms with Crippen LogP contribution in [0.5, 0.6) is 0 Å². The van der Waals surface area contributed by atoms with Crippen LogP contribution in [0.25, 0.3) is 11.1 Å². The van der Waals surface area contributed by atoms with E-state index in [0.717, 1.165) is 35.1 Å². The Morgan fingerprint density at radius 3 is 2.60 bits per heavy atom. The van der Waals surface area contributed by atoms with Gasteiger partial charge in [-0.05, 0) is 62.6 Å². The number of unbranched alkanes of at least 4 members (excludes halogenated alkanes) is 1. The standard InChI is InChI=1S/C28H39ClN2O4/c1-19-8-6-9-20(16-19)26-22(10-7-11-23(26)29)28(34,12-4-5-15-35-3)13-14-31(2)27(33)21-17-24(30)25(32)18-21/h6-11,16,21,24-25,32,34H,4-5,12-15,17-18,30H2,1-3H3/t21-,24+,25-,28?/m0/s1. The second-order valence-electron chi connectivity index (χ2n) is 9.92. The third-order valence-electron chi connectivity index (χ3n) is 7.17. The molecule has 3 rings (SSSR count). The summed E-state index contributed by atoms with van der Waals surface area (Å²) in [4.78, 5) is 14.7. The van der Waals surface area contributed by atoms with Crippen molar-refractivity contribution in [1.29, 1.82) is 0 Å². The van der Waals surface area contributed by atoms with Crippen LogP contribution < -0.4 is 5.73 Å². The summed E-state index contributed by atoms with van der Waals surface area (Å²) in [6, 6.07) is 13.4. The lowest BCUT2D eigenvalue weighted by Gasteiger charge is -2.33. The molecule has 192 valence electrons. The van der Waals surface area contributed by atoms with Crippen molar-refractivity contribution in [3.63, 3.8) is 0 Å². The molecule has 0 saturated heterocycles. The van der Waals surface area contributed by atoms with Crippen molar-refractivity contribution < 1.29 is 19.7 Å². The van der Waals surface area contributed by atoms with Crippen LogP contribution in [0.15, 0.2) is 42.5 Å². The summed E-state index contributed by atoms with van der Waals surface area (Å²) in [6.07, 6.45) is 2.71. The molecule has 1 aliphatic rings. The zero-order chi connectivity index (χ0) is 25.6. The molecule has 0 aromatic heterocycles. The second-order valence-corrected chi connectivity index (χ2v) is 10.3. The van der Waals surface area contributed by atoms with Crippen LogP contribution in [0.2, 0.25) is 5.02 Å². The highest BCUT2D eigenvalue weighted by molar-refractivity contribution is 6.33. The molecule has 1 saturated carbocycles. The summed E-state index contributed by atoms with van der Waals surface area (Å²) in [5, 5.41) is 22.7. The van der Waals surface area contributed by atoms with Gasteiger partial charge in [-0.2, -0.15) is 0 Å². The van der Waals surface area contributed by atoms with Crippen LogP contribution in [0.3, 0.4) is 0 Å². The minimum absolute atomic E-state index is 0.0382. The minimum Gasteiger partial charge on any atom is -0.391 e. The number of hydrogen-bond donors (Lipinski definition) is 3. The van der Waals surface area contributed by atoms with Crippen LogP contribution in [-0.4, -0.2) is 60.5 Å². The molecule has 1 aliphatic carbocycles. The van der Waals surface area contributed by atoms with Gasteiger partial charge in [0, 0.05) is 49.9 Å². The van der Waals surface area contributed by atoms with Gasteiger partial charge in [0.05, 0.1) is 11.7 Å². The largest absolute Gasteiger partial charge is 0.391 e. The van der Waals surface area contributed by atoms with Gasteiger partial charge in [-0.15, -0.1) is 0 Å². The molecular formula is C28H39ClN2O4. The first kappa shape index (κ1) is 27.6. The van der Waals surface area contributed by atoms with Gasteiger partial charge in [0.1, 0.15) is 0 Å². The number of hydrogen-bond acceptors (Lipinski definition) is 5. The predicted octanol–water partition coefficient (Wildman–Crippen LogP) is 4.27. The Morgan fingerprint density at radius 1 is 1.20 bits per heavy atom. The topological polar surface area (TPSA) is 96.0 Å². The third kappa shape index (κ3) is 6.83. The van der Waals surface area contributed by atoms with Crippen LogP contribution >= 0.6 is 11.6 Å². The Hall–Kier alpha value is -1.96. The lowest BCUT2D eigenvalue weighted by atomic mass is 9.81. The number of ether oxygens (including phenoxy) is 1. The van der Waals surface area contributed by atoms with Crippen LogP contribution in [0.1, 0.15) is 49.7 Å². The van der Waals surface area contributed by atoms with E-state index in [1.165, 1.54) is 0 Å². The molecule has 1 fully saturated rings. The molecule has 0 radical (unpaired) electrons. The fraction of sp³-hybridized carbons (Fsp3) is 0.536. The Morgan fingerprint density at radius 2 is 1.94 bits per heavy atom. The van der Waals surface area contributed by atoms with E-state index in [2.05, 4.69) is 6.07 Å². The number of aliphatic hydroxyl groups is 2. The van der Waals surface area contributed by atoms with E-state index in [-0.39, 0.29) is 17.9 Å². The molecule has 0 spiro atoms. The molecule has 4 atom stereocenters. The van der Waals surface area contributed by atoms with Gasteiger partial charge in [0.25, 0.3) is 0 Å². The summed E-state index contributed by atoms with van der Waals surface area (Å²) in [7, 11) is 3.43. The van der Waals surface area contributed by atoms with Gasteiger partial charge in [-0.1, -0.05) is 53.6 Å². The van der Waals surface area contributed by atoms with Gasteiger partial charge in [-0.3, -0.25) is 4.79 Å². The first-order chi connectivity index (χ1) is 16.7. The van der Waals surface area contributed by atoms with E-state index in [0.29, 0.717) is 43.9 Å². The molecule has 7 heteroatoms. The molecule has 0 bridgehead atoms. The summed E-state index contributed by atoms with van der Waals surface area (Å²) >= 11 is 6.70. The average molecular weight is 503 g/mol. The predicted molar refractivity (Wildman–Crippen MR) is 140 cm³/mol. The van der Waals surface area contributed by atoms with Crippen molar-refractivity contribution in [3.8, 4) is 11.1 Å². The number of methoxy groups -OCH3 is 1. The van der Waals surface area contributed by atoms with Crippen LogP contribution in [0.4, 0.5) is 0 Å². The zero-order valence-corrected chi connectivity index (χ0v) is 21.8. The van der Waals surface area contributed by atoms with Gasteiger partial charge in [-0.25, -0.2) is 0 Å². The molecule has 0 aliphatic heterocycles. The molecule has 2 aromatic carbocycles. The molecule has 0 heterocycles. The Balaban J connectivity index is 1.87. The summed E-state index contributed by atoms with van der Waals surface area (Å²) in [5.41, 5.74) is 8.40. The Kier molecular flexibility index (Phi) is 9.73. The number of aliphatic hydroxyl groups excluding tert-OH is 1. The molecule has 35 heavy (non-hydrogen) atoms. The minimum atomic E-state index is -1.18. The number of rotatable bonds is 11. The highest BCUT2D eigenvalue weighted by Gasteiger charge is 2.37. The average Bonchev–Trinajstić information content (AvgIpc) is 3.17. The fourth-order valence-corrected chi connectivity index (χ4v) is 5.37. The molecule has 1 unspecified atom stereocenters. The van der Waals surface area contributed by atoms with Crippen molar-refractivity contribution in [2.45, 2.75) is 63.2 Å². The second kappa shape index (κ2) is 12.3. The van der Waals surface area contributed by atoms with Crippen molar-refractivity contribution in [1.82, 2.24) is 4.90 Å². The monoisotopic (exact) mass is 502 g/mol. The lowest BCUT2D eigenvalue weighted by Crippen LogP contribution is -2.37. The highest BCUT2D eigenvalue weighted by Crippen LogP contribution is 2.41. The number of aryl methyl sites for hydroxylation is 1. The van der Waals surface area contributed by atoms with E-state index in [4.69, 9.17) is 22.1 Å². The molecule has 6 nitrogen and oxygen atoms in total. The first-order valence-corrected chi connectivity index (χ1v) is 12.8. The van der Waals surface area contributed by atoms with Crippen molar-refractivity contribution >= 4 is 17.5 Å². The molecular weight excluding hydrogens is 464 g/mol. The SMILES string of the molecule is COCCCCC(O)(CCN(C)C(=O)[C@H]1C[C@@H](N)[C@@H](O)C1)c1cccc(Cl)c1-c1cccc(C)c1. The van der Waals surface area contributed by atoms with Gasteiger partial charge in [0.2, 0.25) is 5.91 Å². The van der Waals surface area contributed by atoms with Gasteiger partial charge < -0.3 is 25.6 Å². The number of carbonyl (C=O) groups excluding carboxylic acids is 1. The van der Waals surface area contributed by atoms with Crippen LogP contribution in [-0.2, 0) is 15.1 Å². The summed E-state index contributed by atoms with van der Waals surface area (Å²) < 4.78 is 5.21. The smallest absolute Gasteiger partial charge is 0.225 e. The zero-order valence-electron chi connectivity index (χ0n) is 21.0. The van der Waals surface area contributed by atoms with E-state index in [9.17, 15) is 15.0 Å². The maximum Gasteiger partial charge on any atom is 0.225 e. The number of benzene rings is 2. The van der Waals surface area contributed by atoms with Gasteiger partial charge >= 0.3 is 0 Å². The van der Waals surface area contributed by atoms with Crippen molar-refractivity contribution in [3.05, 3.63) is 58.6 Å². The van der Waals surface area contributed by atoms with Crippen molar-refractivity contribution in [2.75, 3.05) is 27.3 Å². The number of amides is 1. The Bertz CT molecular complexity index is 991. The molecule has 1 amide bonds. The van der Waals surface area contributed by atoms with E-state index >= 15 is 0 Å². The van der Waals surface area contributed by atoms with Gasteiger partial charge in [0.15, 0.2) is 0 Å². The van der Waals surface area contributed by atoms with E-state index in [1.807, 2.05) is 43.3 Å². The Labute approximate surface area is 214 Å². The first-order valence-electron chi connectivity index (χ1n) is 12.4. The lowest BCUT2D eigenvalue weighted by molar-refractivity contribution is -0.135. The maximum absolute atomic E-state index is 13.0. The summed E-state index contributed by atoms with van der Waals surface area (Å²) in [5.74, 6) is -0.322. The number of carbonyl (C=O) groups is 1. The fourth-order valence-electron chi connectivity index (χ4n) is 5.09. The van der Waals surface area contributed by atoms with Crippen LogP contribution in [0, 0.1) is 12.8 Å². The van der Waals surface area contributed by atoms with E-state index in [1.54, 1.807) is 19.1 Å². The molecule has 4 N–H and O–H groups in total. The third-order valence-corrected chi connectivity index (χ3v) is 7.49. The number of halogens is 1. The summed E-state index contributed by atoms with van der Waals surface area (Å²) in [6.45, 7) is 3.03. The number of nitrogens with two attached hydrogens (primary N) is 1. The quantitative estimate of drug-likeness (QED) is 0.399. The maximum atomic E-state index is 13.0. The molecule has 2 aromatic rings. The van der Waals surface area contributed by atoms with E-state index < -0.39 is 11.7 Å². The highest BCUT2D eigenvalue weighted by atomic mass is 35.5. The van der Waals surface area contributed by atoms with Crippen molar-refractivity contribution in [2.24, 2.45) is 11.7 Å². The number of nitrogens with zero attached hydrogens (tertiary/aromatic N) is 1.